The molecular formula is C21H17BrN2. The van der Waals surface area contributed by atoms with E-state index in [0.29, 0.717) is 0 Å². The quantitative estimate of drug-likeness (QED) is 0.533. The minimum absolute atomic E-state index is 0.971. The van der Waals surface area contributed by atoms with E-state index in [2.05, 4.69) is 74.4 Å². The lowest BCUT2D eigenvalue weighted by Crippen LogP contribution is -2.13. The summed E-state index contributed by atoms with van der Waals surface area (Å²) < 4.78 is 1.08. The molecule has 2 nitrogen and oxygen atoms in total. The predicted molar refractivity (Wildman–Crippen MR) is 104 cm³/mol. The predicted octanol–water partition coefficient (Wildman–Crippen LogP) is 5.72. The molecule has 0 aliphatic carbocycles. The molecule has 0 saturated heterocycles. The zero-order valence-corrected chi connectivity index (χ0v) is 14.8. The monoisotopic (exact) mass is 376 g/mol. The first-order valence-corrected chi connectivity index (χ1v) is 8.79. The number of fused-ring (bicyclic) bond motifs is 1. The van der Waals surface area contributed by atoms with Crippen LogP contribution in [0.15, 0.2) is 82.3 Å². The molecule has 0 bridgehead atoms. The first kappa shape index (κ1) is 15.2. The Kier molecular flexibility index (Phi) is 4.18. The van der Waals surface area contributed by atoms with Gasteiger partial charge in [-0.2, -0.15) is 0 Å². The summed E-state index contributed by atoms with van der Waals surface area (Å²) >= 11 is 3.44. The summed E-state index contributed by atoms with van der Waals surface area (Å²) in [5.41, 5.74) is 6.16. The van der Waals surface area contributed by atoms with E-state index in [1.165, 1.54) is 16.8 Å². The molecule has 118 valence electrons. The Morgan fingerprint density at radius 1 is 0.792 bits per heavy atom. The van der Waals surface area contributed by atoms with Crippen molar-refractivity contribution in [1.82, 2.24) is 0 Å². The van der Waals surface area contributed by atoms with Crippen molar-refractivity contribution in [2.24, 2.45) is 4.99 Å². The number of rotatable bonds is 3. The Hall–Kier alpha value is -2.39. The first-order valence-electron chi connectivity index (χ1n) is 7.99. The maximum absolute atomic E-state index is 4.55. The van der Waals surface area contributed by atoms with E-state index in [0.717, 1.165) is 28.8 Å². The molecule has 0 unspecified atom stereocenters. The Morgan fingerprint density at radius 3 is 2.04 bits per heavy atom. The van der Waals surface area contributed by atoms with Gasteiger partial charge in [0.2, 0.25) is 0 Å². The number of benzene rings is 3. The van der Waals surface area contributed by atoms with Crippen molar-refractivity contribution in [1.29, 1.82) is 0 Å². The minimum Gasteiger partial charge on any atom is -0.363 e. The molecule has 1 aliphatic rings. The maximum atomic E-state index is 4.55. The Balaban J connectivity index is 1.46. The van der Waals surface area contributed by atoms with E-state index < -0.39 is 0 Å². The molecule has 1 heterocycles. The largest absolute Gasteiger partial charge is 0.363 e. The number of nitrogens with zero attached hydrogens (tertiary/aromatic N) is 2. The van der Waals surface area contributed by atoms with Crippen molar-refractivity contribution in [3.8, 4) is 0 Å². The van der Waals surface area contributed by atoms with Crippen LogP contribution < -0.4 is 4.90 Å². The topological polar surface area (TPSA) is 15.6 Å². The van der Waals surface area contributed by atoms with E-state index in [1.54, 1.807) is 0 Å². The van der Waals surface area contributed by atoms with Crippen molar-refractivity contribution in [3.05, 3.63) is 94.0 Å². The van der Waals surface area contributed by atoms with Crippen LogP contribution in [-0.4, -0.2) is 6.21 Å². The maximum Gasteiger partial charge on any atom is 0.0631 e. The summed E-state index contributed by atoms with van der Waals surface area (Å²) in [7, 11) is 0. The average Bonchev–Trinajstić information content (AvgIpc) is 3.06. The lowest BCUT2D eigenvalue weighted by molar-refractivity contribution is 0.880. The number of halogens is 1. The standard InChI is InChI=1S/C21H17BrN2/c22-19-7-5-16(6-8-19)13-23-20-9-11-21(12-10-20)24-14-17-3-1-2-4-18(17)15-24/h1-13H,14-15H2. The van der Waals surface area contributed by atoms with Gasteiger partial charge in [0, 0.05) is 29.5 Å². The molecule has 0 N–H and O–H groups in total. The van der Waals surface area contributed by atoms with Gasteiger partial charge in [-0.25, -0.2) is 0 Å². The summed E-state index contributed by atoms with van der Waals surface area (Å²) in [5, 5.41) is 0. The van der Waals surface area contributed by atoms with Crippen LogP contribution in [0.25, 0.3) is 0 Å². The van der Waals surface area contributed by atoms with Gasteiger partial charge in [-0.05, 0) is 53.1 Å². The third kappa shape index (κ3) is 3.26. The SMILES string of the molecule is Brc1ccc(C=Nc2ccc(N3Cc4ccccc4C3)cc2)cc1. The molecule has 3 heteroatoms. The zero-order valence-electron chi connectivity index (χ0n) is 13.2. The van der Waals surface area contributed by atoms with E-state index in [9.17, 15) is 0 Å². The third-order valence-electron chi connectivity index (χ3n) is 4.29. The molecule has 0 fully saturated rings. The second-order valence-corrected chi connectivity index (χ2v) is 6.87. The van der Waals surface area contributed by atoms with Gasteiger partial charge in [-0.3, -0.25) is 4.99 Å². The number of hydrogen-bond acceptors (Lipinski definition) is 2. The van der Waals surface area contributed by atoms with E-state index in [4.69, 9.17) is 0 Å². The van der Waals surface area contributed by atoms with Crippen LogP contribution in [-0.2, 0) is 13.1 Å². The zero-order chi connectivity index (χ0) is 16.4. The van der Waals surface area contributed by atoms with Crippen LogP contribution in [0.1, 0.15) is 16.7 Å². The summed E-state index contributed by atoms with van der Waals surface area (Å²) in [6.45, 7) is 1.97. The van der Waals surface area contributed by atoms with E-state index in [-0.39, 0.29) is 0 Å². The molecule has 24 heavy (non-hydrogen) atoms. The van der Waals surface area contributed by atoms with Crippen LogP contribution in [0.5, 0.6) is 0 Å². The van der Waals surface area contributed by atoms with Crippen molar-refractivity contribution in [2.75, 3.05) is 4.90 Å². The Bertz CT molecular complexity index is 842. The molecule has 0 aromatic heterocycles. The van der Waals surface area contributed by atoms with Crippen LogP contribution in [0.2, 0.25) is 0 Å². The fourth-order valence-corrected chi connectivity index (χ4v) is 3.23. The van der Waals surface area contributed by atoms with Crippen LogP contribution in [0.3, 0.4) is 0 Å². The lowest BCUT2D eigenvalue weighted by atomic mass is 10.1. The van der Waals surface area contributed by atoms with Gasteiger partial charge < -0.3 is 4.90 Å². The van der Waals surface area contributed by atoms with Gasteiger partial charge in [-0.1, -0.05) is 52.3 Å². The van der Waals surface area contributed by atoms with Crippen molar-refractivity contribution in [2.45, 2.75) is 13.1 Å². The van der Waals surface area contributed by atoms with E-state index in [1.807, 2.05) is 30.5 Å². The van der Waals surface area contributed by atoms with E-state index >= 15 is 0 Å². The van der Waals surface area contributed by atoms with Gasteiger partial charge in [0.15, 0.2) is 0 Å². The molecule has 1 aliphatic heterocycles. The smallest absolute Gasteiger partial charge is 0.0631 e. The van der Waals surface area contributed by atoms with Gasteiger partial charge in [0.05, 0.1) is 5.69 Å². The van der Waals surface area contributed by atoms with Crippen molar-refractivity contribution >= 4 is 33.5 Å². The number of aliphatic imine (C=N–C) groups is 1. The van der Waals surface area contributed by atoms with Crippen LogP contribution >= 0.6 is 15.9 Å². The number of anilines is 1. The molecule has 0 atom stereocenters. The Labute approximate surface area is 150 Å². The summed E-state index contributed by atoms with van der Waals surface area (Å²) in [5.74, 6) is 0. The second kappa shape index (κ2) is 6.62. The van der Waals surface area contributed by atoms with Crippen LogP contribution in [0.4, 0.5) is 11.4 Å². The fraction of sp³-hybridized carbons (Fsp3) is 0.0952. The van der Waals surface area contributed by atoms with Crippen LogP contribution in [0, 0.1) is 0 Å². The molecule has 0 saturated carbocycles. The average molecular weight is 377 g/mol. The minimum atomic E-state index is 0.971. The van der Waals surface area contributed by atoms with Crippen molar-refractivity contribution < 1.29 is 0 Å². The highest BCUT2D eigenvalue weighted by atomic mass is 79.9. The lowest BCUT2D eigenvalue weighted by Gasteiger charge is -2.17. The second-order valence-electron chi connectivity index (χ2n) is 5.95. The molecule has 0 radical (unpaired) electrons. The molecule has 4 rings (SSSR count). The highest BCUT2D eigenvalue weighted by Gasteiger charge is 2.18. The molecule has 0 spiro atoms. The van der Waals surface area contributed by atoms with Gasteiger partial charge in [0.1, 0.15) is 0 Å². The fourth-order valence-electron chi connectivity index (χ4n) is 2.96. The number of hydrogen-bond donors (Lipinski definition) is 0. The van der Waals surface area contributed by atoms with Gasteiger partial charge in [-0.15, -0.1) is 0 Å². The van der Waals surface area contributed by atoms with Crippen molar-refractivity contribution in [3.63, 3.8) is 0 Å². The summed E-state index contributed by atoms with van der Waals surface area (Å²) in [6.07, 6.45) is 1.90. The first-order chi connectivity index (χ1) is 11.8. The van der Waals surface area contributed by atoms with Gasteiger partial charge in [0.25, 0.3) is 0 Å². The normalized spacial score (nSPS) is 13.5. The third-order valence-corrected chi connectivity index (χ3v) is 4.82. The molecule has 3 aromatic carbocycles. The summed E-state index contributed by atoms with van der Waals surface area (Å²) in [4.78, 5) is 6.95. The Morgan fingerprint density at radius 2 is 1.42 bits per heavy atom. The molecule has 3 aromatic rings. The summed E-state index contributed by atoms with van der Waals surface area (Å²) in [6, 6.07) is 25.3. The van der Waals surface area contributed by atoms with Gasteiger partial charge >= 0.3 is 0 Å². The highest BCUT2D eigenvalue weighted by Crippen LogP contribution is 2.29. The molecular weight excluding hydrogens is 360 g/mol. The molecule has 0 amide bonds. The highest BCUT2D eigenvalue weighted by molar-refractivity contribution is 9.10.